The molecule has 0 aliphatic heterocycles. The van der Waals surface area contributed by atoms with Crippen molar-refractivity contribution in [2.24, 2.45) is 0 Å². The topological polar surface area (TPSA) is 73.1 Å². The van der Waals surface area contributed by atoms with Gasteiger partial charge in [-0.15, -0.1) is 0 Å². The predicted octanol–water partition coefficient (Wildman–Crippen LogP) is 2.57. The summed E-state index contributed by atoms with van der Waals surface area (Å²) in [6.07, 6.45) is 5.55. The fourth-order valence-corrected chi connectivity index (χ4v) is 2.21. The first kappa shape index (κ1) is 14.5. The summed E-state index contributed by atoms with van der Waals surface area (Å²) >= 11 is 0. The van der Waals surface area contributed by atoms with Gasteiger partial charge in [-0.2, -0.15) is 10.1 Å². The van der Waals surface area contributed by atoms with Gasteiger partial charge in [0.2, 0.25) is 11.7 Å². The Labute approximate surface area is 128 Å². The molecule has 3 rings (SSSR count). The van der Waals surface area contributed by atoms with E-state index in [0.29, 0.717) is 24.0 Å². The lowest BCUT2D eigenvalue weighted by molar-refractivity contribution is 0.229. The van der Waals surface area contributed by atoms with Crippen molar-refractivity contribution < 1.29 is 8.94 Å². The summed E-state index contributed by atoms with van der Waals surface area (Å²) in [6, 6.07) is 3.61. The van der Waals surface area contributed by atoms with Crippen LogP contribution in [0.4, 0.5) is 0 Å². The smallest absolute Gasteiger partial charge is 0.241 e. The quantitative estimate of drug-likeness (QED) is 0.668. The van der Waals surface area contributed by atoms with E-state index in [1.165, 1.54) is 5.56 Å². The Kier molecular flexibility index (Phi) is 4.34. The molecule has 22 heavy (non-hydrogen) atoms. The Morgan fingerprint density at radius 3 is 2.86 bits per heavy atom. The van der Waals surface area contributed by atoms with Gasteiger partial charge in [-0.1, -0.05) is 12.1 Å². The number of furan rings is 1. The van der Waals surface area contributed by atoms with Crippen molar-refractivity contribution in [1.82, 2.24) is 24.8 Å². The molecule has 0 aromatic carbocycles. The standard InChI is InChI=1S/C15H19N5O2/c1-3-19(9-12-8-16-20(4-2)10-12)11-14-17-15(18-22-14)13-6-5-7-21-13/h5-8,10H,3-4,9,11H2,1-2H3. The first-order valence-electron chi connectivity index (χ1n) is 7.38. The van der Waals surface area contributed by atoms with Crippen molar-refractivity contribution >= 4 is 0 Å². The van der Waals surface area contributed by atoms with Crippen molar-refractivity contribution in [2.75, 3.05) is 6.54 Å². The molecule has 3 aromatic rings. The van der Waals surface area contributed by atoms with Gasteiger partial charge in [-0.3, -0.25) is 9.58 Å². The summed E-state index contributed by atoms with van der Waals surface area (Å²) in [7, 11) is 0. The van der Waals surface area contributed by atoms with Gasteiger partial charge in [-0.25, -0.2) is 0 Å². The van der Waals surface area contributed by atoms with E-state index in [1.807, 2.05) is 16.9 Å². The summed E-state index contributed by atoms with van der Waals surface area (Å²) in [5.74, 6) is 1.67. The molecule has 116 valence electrons. The highest BCUT2D eigenvalue weighted by Gasteiger charge is 2.14. The Bertz CT molecular complexity index is 701. The van der Waals surface area contributed by atoms with Crippen LogP contribution in [0.1, 0.15) is 25.3 Å². The molecule has 0 unspecified atom stereocenters. The lowest BCUT2D eigenvalue weighted by atomic mass is 10.3. The Balaban J connectivity index is 1.65. The number of hydrogen-bond acceptors (Lipinski definition) is 6. The molecular formula is C15H19N5O2. The molecular weight excluding hydrogens is 282 g/mol. The zero-order valence-corrected chi connectivity index (χ0v) is 12.8. The second kappa shape index (κ2) is 6.57. The molecule has 0 bridgehead atoms. The van der Waals surface area contributed by atoms with Crippen LogP contribution in [0, 0.1) is 0 Å². The molecule has 0 radical (unpaired) electrons. The summed E-state index contributed by atoms with van der Waals surface area (Å²) in [5.41, 5.74) is 1.18. The van der Waals surface area contributed by atoms with Gasteiger partial charge in [0.05, 0.1) is 19.0 Å². The SMILES string of the molecule is CCN(Cc1cnn(CC)c1)Cc1nc(-c2ccco2)no1. The lowest BCUT2D eigenvalue weighted by Gasteiger charge is -2.16. The van der Waals surface area contributed by atoms with E-state index in [1.54, 1.807) is 12.3 Å². The van der Waals surface area contributed by atoms with Gasteiger partial charge in [0, 0.05) is 24.8 Å². The minimum absolute atomic E-state index is 0.481. The molecule has 3 heterocycles. The van der Waals surface area contributed by atoms with Gasteiger partial charge < -0.3 is 8.94 Å². The van der Waals surface area contributed by atoms with Crippen LogP contribution in [0.5, 0.6) is 0 Å². The minimum atomic E-state index is 0.481. The molecule has 0 fully saturated rings. The van der Waals surface area contributed by atoms with Crippen LogP contribution in [-0.2, 0) is 19.6 Å². The number of rotatable bonds is 7. The minimum Gasteiger partial charge on any atom is -0.461 e. The molecule has 7 nitrogen and oxygen atoms in total. The second-order valence-corrected chi connectivity index (χ2v) is 5.00. The number of aromatic nitrogens is 4. The van der Waals surface area contributed by atoms with Crippen molar-refractivity contribution in [1.29, 1.82) is 0 Å². The van der Waals surface area contributed by atoms with Gasteiger partial charge >= 0.3 is 0 Å². The third-order valence-electron chi connectivity index (χ3n) is 3.43. The van der Waals surface area contributed by atoms with Crippen molar-refractivity contribution in [3.05, 3.63) is 42.2 Å². The molecule has 0 amide bonds. The highest BCUT2D eigenvalue weighted by atomic mass is 16.5. The van der Waals surface area contributed by atoms with Gasteiger partial charge in [0.25, 0.3) is 0 Å². The molecule has 7 heteroatoms. The van der Waals surface area contributed by atoms with Crippen LogP contribution in [-0.4, -0.2) is 31.4 Å². The van der Waals surface area contributed by atoms with E-state index in [9.17, 15) is 0 Å². The van der Waals surface area contributed by atoms with Crippen LogP contribution in [0.15, 0.2) is 39.7 Å². The van der Waals surface area contributed by atoms with Gasteiger partial charge in [0.1, 0.15) is 0 Å². The maximum Gasteiger partial charge on any atom is 0.241 e. The summed E-state index contributed by atoms with van der Waals surface area (Å²) < 4.78 is 12.5. The molecule has 3 aromatic heterocycles. The van der Waals surface area contributed by atoms with Gasteiger partial charge in [0.15, 0.2) is 5.76 Å². The molecule has 0 saturated carbocycles. The van der Waals surface area contributed by atoms with Crippen molar-refractivity contribution in [3.8, 4) is 11.6 Å². The summed E-state index contributed by atoms with van der Waals surface area (Å²) in [6.45, 7) is 7.34. The van der Waals surface area contributed by atoms with Crippen molar-refractivity contribution in [3.63, 3.8) is 0 Å². The first-order valence-corrected chi connectivity index (χ1v) is 7.38. The Morgan fingerprint density at radius 1 is 1.27 bits per heavy atom. The van der Waals surface area contributed by atoms with E-state index in [2.05, 4.69) is 40.2 Å². The average molecular weight is 301 g/mol. The molecule has 0 N–H and O–H groups in total. The molecule has 0 atom stereocenters. The third-order valence-corrected chi connectivity index (χ3v) is 3.43. The zero-order valence-electron chi connectivity index (χ0n) is 12.8. The van der Waals surface area contributed by atoms with E-state index in [0.717, 1.165) is 19.6 Å². The molecule has 0 saturated heterocycles. The fourth-order valence-electron chi connectivity index (χ4n) is 2.21. The molecule has 0 aliphatic carbocycles. The van der Waals surface area contributed by atoms with E-state index < -0.39 is 0 Å². The van der Waals surface area contributed by atoms with E-state index in [4.69, 9.17) is 8.94 Å². The van der Waals surface area contributed by atoms with Gasteiger partial charge in [-0.05, 0) is 25.6 Å². The van der Waals surface area contributed by atoms with Crippen LogP contribution >= 0.6 is 0 Å². The molecule has 0 aliphatic rings. The first-order chi connectivity index (χ1) is 10.8. The predicted molar refractivity (Wildman–Crippen MR) is 79.7 cm³/mol. The number of hydrogen-bond donors (Lipinski definition) is 0. The van der Waals surface area contributed by atoms with Crippen LogP contribution in [0.2, 0.25) is 0 Å². The second-order valence-electron chi connectivity index (χ2n) is 5.00. The Hall–Kier alpha value is -2.41. The summed E-state index contributed by atoms with van der Waals surface area (Å²) in [4.78, 5) is 6.59. The average Bonchev–Trinajstić information content (AvgIpc) is 3.27. The zero-order chi connectivity index (χ0) is 15.4. The summed E-state index contributed by atoms with van der Waals surface area (Å²) in [5, 5.41) is 8.24. The van der Waals surface area contributed by atoms with Crippen LogP contribution < -0.4 is 0 Å². The maximum absolute atomic E-state index is 5.30. The third kappa shape index (κ3) is 3.25. The van der Waals surface area contributed by atoms with E-state index in [-0.39, 0.29) is 0 Å². The Morgan fingerprint density at radius 2 is 2.18 bits per heavy atom. The van der Waals surface area contributed by atoms with Crippen LogP contribution in [0.3, 0.4) is 0 Å². The maximum atomic E-state index is 5.30. The molecule has 0 spiro atoms. The largest absolute Gasteiger partial charge is 0.461 e. The number of nitrogens with zero attached hydrogens (tertiary/aromatic N) is 5. The van der Waals surface area contributed by atoms with Crippen molar-refractivity contribution in [2.45, 2.75) is 33.5 Å². The monoisotopic (exact) mass is 301 g/mol. The number of aryl methyl sites for hydroxylation is 1. The highest BCUT2D eigenvalue weighted by molar-refractivity contribution is 5.44. The highest BCUT2D eigenvalue weighted by Crippen LogP contribution is 2.17. The fraction of sp³-hybridized carbons (Fsp3) is 0.400. The van der Waals surface area contributed by atoms with E-state index >= 15 is 0 Å². The van der Waals surface area contributed by atoms with Crippen LogP contribution in [0.25, 0.3) is 11.6 Å². The lowest BCUT2D eigenvalue weighted by Crippen LogP contribution is -2.22. The normalized spacial score (nSPS) is 11.4.